The number of aromatic nitrogens is 6. The molecule has 0 fully saturated rings. The highest BCUT2D eigenvalue weighted by Crippen LogP contribution is 2.31. The smallest absolute Gasteiger partial charge is 0.233 e. The van der Waals surface area contributed by atoms with Gasteiger partial charge in [0.05, 0.1) is 21.3 Å². The quantitative estimate of drug-likeness (QED) is 0.269. The van der Waals surface area contributed by atoms with Gasteiger partial charge in [0.25, 0.3) is 0 Å². The third-order valence-electron chi connectivity index (χ3n) is 3.19. The average Bonchev–Trinajstić information content (AvgIpc) is 3.12. The Balaban J connectivity index is 0.000000159. The third kappa shape index (κ3) is 4.20. The molecule has 142 valence electrons. The van der Waals surface area contributed by atoms with Crippen molar-refractivity contribution < 1.29 is 13.2 Å². The van der Waals surface area contributed by atoms with Crippen LogP contribution < -0.4 is 0 Å². The van der Waals surface area contributed by atoms with Gasteiger partial charge in [-0.05, 0) is 44.8 Å². The van der Waals surface area contributed by atoms with E-state index < -0.39 is 11.9 Å². The maximum Gasteiger partial charge on any atom is 0.433 e. The van der Waals surface area contributed by atoms with Gasteiger partial charge in [0.1, 0.15) is 16.0 Å². The second-order valence-electron chi connectivity index (χ2n) is 5.14. The molecule has 0 N–H and O–H groups in total. The first-order valence-corrected chi connectivity index (χ1v) is 9.35. The lowest BCUT2D eigenvalue weighted by molar-refractivity contribution is -0.141. The van der Waals surface area contributed by atoms with Crippen molar-refractivity contribution in [1.82, 2.24) is 29.2 Å². The summed E-state index contributed by atoms with van der Waals surface area (Å²) in [6.45, 7) is 1.89. The Morgan fingerprint density at radius 3 is 1.89 bits per heavy atom. The Bertz CT molecular complexity index is 1140. The molecule has 0 aliphatic carbocycles. The van der Waals surface area contributed by atoms with Crippen LogP contribution in [0, 0.1) is 6.92 Å². The highest BCUT2D eigenvalue weighted by Gasteiger charge is 2.33. The number of nitrogens with zero attached hydrogens (tertiary/aromatic N) is 6. The van der Waals surface area contributed by atoms with Crippen LogP contribution in [-0.2, 0) is 6.18 Å². The number of hydrogen-bond acceptors (Lipinski definition) is 4. The molecule has 0 atom stereocenters. The van der Waals surface area contributed by atoms with Crippen LogP contribution in [0.1, 0.15) is 11.4 Å². The van der Waals surface area contributed by atoms with Crippen LogP contribution in [-0.4, -0.2) is 29.2 Å². The minimum absolute atomic E-state index is 0.0369. The molecule has 0 aromatic carbocycles. The summed E-state index contributed by atoms with van der Waals surface area (Å²) in [5, 5.41) is 8.21. The molecule has 4 aromatic rings. The van der Waals surface area contributed by atoms with Gasteiger partial charge >= 0.3 is 6.18 Å². The average molecular weight is 547 g/mol. The molecule has 0 bridgehead atoms. The molecule has 0 radical (unpaired) electrons. The fraction of sp³-hybridized carbons (Fsp3) is 0.143. The summed E-state index contributed by atoms with van der Waals surface area (Å²) in [6.07, 6.45) is -1.52. The van der Waals surface area contributed by atoms with Crippen molar-refractivity contribution in [1.29, 1.82) is 0 Å². The van der Waals surface area contributed by atoms with Crippen LogP contribution in [0.15, 0.2) is 33.5 Å². The molecule has 0 aliphatic rings. The van der Waals surface area contributed by atoms with E-state index in [9.17, 15) is 13.2 Å². The highest BCUT2D eigenvalue weighted by molar-refractivity contribution is 9.11. The van der Waals surface area contributed by atoms with Crippen molar-refractivity contribution in [2.24, 2.45) is 0 Å². The molecule has 0 unspecified atom stereocenters. The zero-order chi connectivity index (χ0) is 19.9. The Labute approximate surface area is 176 Å². The molecule has 0 saturated heterocycles. The Hall–Kier alpha value is -1.43. The van der Waals surface area contributed by atoms with E-state index in [1.807, 2.05) is 6.92 Å². The van der Waals surface area contributed by atoms with Crippen molar-refractivity contribution in [3.8, 4) is 0 Å². The zero-order valence-corrected chi connectivity index (χ0v) is 17.8. The van der Waals surface area contributed by atoms with Gasteiger partial charge in [-0.25, -0.2) is 19.0 Å². The Morgan fingerprint density at radius 1 is 0.889 bits per heavy atom. The number of halogens is 7. The van der Waals surface area contributed by atoms with Crippen molar-refractivity contribution in [3.63, 3.8) is 0 Å². The molecule has 4 aromatic heterocycles. The maximum absolute atomic E-state index is 12.4. The maximum atomic E-state index is 12.4. The lowest BCUT2D eigenvalue weighted by atomic mass is 10.4. The van der Waals surface area contributed by atoms with Crippen LogP contribution in [0.5, 0.6) is 0 Å². The molecule has 0 saturated carbocycles. The number of rotatable bonds is 0. The summed E-state index contributed by atoms with van der Waals surface area (Å²) in [7, 11) is 0. The second-order valence-corrected chi connectivity index (χ2v) is 7.62. The highest BCUT2D eigenvalue weighted by atomic mass is 79.9. The number of hydrogen-bond donors (Lipinski definition) is 0. The minimum Gasteiger partial charge on any atom is -0.233 e. The van der Waals surface area contributed by atoms with Crippen molar-refractivity contribution in [2.45, 2.75) is 13.1 Å². The summed E-state index contributed by atoms with van der Waals surface area (Å²) in [5.74, 6) is 0. The monoisotopic (exact) mass is 544 g/mol. The normalized spacial score (nSPS) is 11.7. The van der Waals surface area contributed by atoms with E-state index in [1.54, 1.807) is 16.8 Å². The second kappa shape index (κ2) is 7.53. The SMILES string of the molecule is Cc1cc(Cl)n2ncc(Br)c2n1.FC(F)(F)c1cc(Cl)n2ncc(Br)c2n1. The van der Waals surface area contributed by atoms with E-state index in [1.165, 1.54) is 6.20 Å². The molecule has 4 rings (SSSR count). The first kappa shape index (κ1) is 20.3. The van der Waals surface area contributed by atoms with Gasteiger partial charge < -0.3 is 0 Å². The van der Waals surface area contributed by atoms with Crippen molar-refractivity contribution in [3.05, 3.63) is 55.2 Å². The predicted octanol–water partition coefficient (Wildman–Crippen LogP) is 5.62. The molecule has 0 amide bonds. The van der Waals surface area contributed by atoms with E-state index in [2.05, 4.69) is 52.0 Å². The van der Waals surface area contributed by atoms with E-state index in [-0.39, 0.29) is 10.8 Å². The molecule has 13 heteroatoms. The minimum atomic E-state index is -4.52. The molecule has 27 heavy (non-hydrogen) atoms. The number of fused-ring (bicyclic) bond motifs is 2. The van der Waals surface area contributed by atoms with Gasteiger partial charge in [-0.1, -0.05) is 23.2 Å². The van der Waals surface area contributed by atoms with Gasteiger partial charge in [0.15, 0.2) is 11.3 Å². The van der Waals surface area contributed by atoms with Crippen molar-refractivity contribution >= 4 is 66.4 Å². The van der Waals surface area contributed by atoms with Crippen LogP contribution in [0.25, 0.3) is 11.3 Å². The van der Waals surface area contributed by atoms with Crippen LogP contribution in [0.4, 0.5) is 13.2 Å². The molecule has 0 aliphatic heterocycles. The summed E-state index contributed by atoms with van der Waals surface area (Å²) in [4.78, 5) is 7.68. The fourth-order valence-corrected chi connectivity index (χ4v) is 3.26. The molecule has 6 nitrogen and oxygen atoms in total. The van der Waals surface area contributed by atoms with E-state index in [0.717, 1.165) is 26.4 Å². The number of aryl methyl sites for hydroxylation is 1. The van der Waals surface area contributed by atoms with E-state index in [4.69, 9.17) is 23.2 Å². The Kier molecular flexibility index (Phi) is 5.67. The van der Waals surface area contributed by atoms with Gasteiger partial charge in [-0.2, -0.15) is 23.4 Å². The first-order chi connectivity index (χ1) is 12.6. The summed E-state index contributed by atoms with van der Waals surface area (Å²) in [5.41, 5.74) is 0.629. The van der Waals surface area contributed by atoms with Gasteiger partial charge in [0.2, 0.25) is 0 Å². The Morgan fingerprint density at radius 2 is 1.37 bits per heavy atom. The summed E-state index contributed by atoms with van der Waals surface area (Å²) < 4.78 is 41.0. The summed E-state index contributed by atoms with van der Waals surface area (Å²) >= 11 is 17.9. The molecule has 4 heterocycles. The van der Waals surface area contributed by atoms with E-state index >= 15 is 0 Å². The standard InChI is InChI=1S/C7H2BrClF3N3.C7H5BrClN3/c8-3-2-13-15-5(9)1-4(7(10,11)12)14-6(3)15;1-4-2-6(9)12-7(11-4)5(8)3-10-12/h1-2H;2-3H,1H3. The van der Waals surface area contributed by atoms with Crippen molar-refractivity contribution in [2.75, 3.05) is 0 Å². The van der Waals surface area contributed by atoms with E-state index in [0.29, 0.717) is 9.63 Å². The van der Waals surface area contributed by atoms with Crippen LogP contribution >= 0.6 is 55.1 Å². The van der Waals surface area contributed by atoms with Crippen LogP contribution in [0.3, 0.4) is 0 Å². The first-order valence-electron chi connectivity index (χ1n) is 7.01. The predicted molar refractivity (Wildman–Crippen MR) is 101 cm³/mol. The van der Waals surface area contributed by atoms with Gasteiger partial charge in [0, 0.05) is 11.8 Å². The van der Waals surface area contributed by atoms with Gasteiger partial charge in [-0.15, -0.1) is 0 Å². The molecular weight excluding hydrogens is 540 g/mol. The van der Waals surface area contributed by atoms with Gasteiger partial charge in [-0.3, -0.25) is 0 Å². The molecule has 0 spiro atoms. The lowest BCUT2D eigenvalue weighted by Gasteiger charge is -2.06. The third-order valence-corrected chi connectivity index (χ3v) is 4.85. The summed E-state index contributed by atoms with van der Waals surface area (Å²) in [6, 6.07) is 2.50. The largest absolute Gasteiger partial charge is 0.433 e. The van der Waals surface area contributed by atoms with Crippen LogP contribution in [0.2, 0.25) is 10.3 Å². The number of alkyl halides is 3. The topological polar surface area (TPSA) is 60.4 Å². The lowest BCUT2D eigenvalue weighted by Crippen LogP contribution is -2.09. The zero-order valence-electron chi connectivity index (χ0n) is 13.1. The fourth-order valence-electron chi connectivity index (χ4n) is 2.06. The molecular formula is C14H7Br2Cl2F3N6.